The maximum absolute atomic E-state index is 13.1. The van der Waals surface area contributed by atoms with Gasteiger partial charge in [0.2, 0.25) is 0 Å². The molecule has 2 nitrogen and oxygen atoms in total. The highest BCUT2D eigenvalue weighted by Gasteiger charge is 2.07. The second-order valence-corrected chi connectivity index (χ2v) is 4.84. The van der Waals surface area contributed by atoms with Crippen molar-refractivity contribution in [2.45, 2.75) is 20.3 Å². The highest BCUT2D eigenvalue weighted by molar-refractivity contribution is 7.13. The summed E-state index contributed by atoms with van der Waals surface area (Å²) in [4.78, 5) is 15.3. The van der Waals surface area contributed by atoms with Gasteiger partial charge >= 0.3 is 0 Å². The van der Waals surface area contributed by atoms with E-state index in [0.717, 1.165) is 16.3 Å². The number of rotatable bonds is 3. The first-order valence-electron chi connectivity index (χ1n) is 5.26. The van der Waals surface area contributed by atoms with E-state index in [1.807, 2.05) is 5.38 Å². The molecule has 0 aliphatic heterocycles. The average molecular weight is 249 g/mol. The van der Waals surface area contributed by atoms with Gasteiger partial charge in [-0.2, -0.15) is 0 Å². The van der Waals surface area contributed by atoms with Crippen molar-refractivity contribution in [3.05, 3.63) is 40.7 Å². The van der Waals surface area contributed by atoms with Crippen LogP contribution in [0.15, 0.2) is 23.6 Å². The average Bonchev–Trinajstić information content (AvgIpc) is 2.69. The van der Waals surface area contributed by atoms with Crippen molar-refractivity contribution < 1.29 is 9.18 Å². The summed E-state index contributed by atoms with van der Waals surface area (Å²) in [6.45, 7) is 3.27. The molecule has 0 bridgehead atoms. The van der Waals surface area contributed by atoms with Gasteiger partial charge in [0.15, 0.2) is 0 Å². The smallest absolute Gasteiger partial charge is 0.135 e. The molecule has 1 heterocycles. The summed E-state index contributed by atoms with van der Waals surface area (Å²) in [5, 5.41) is 2.69. The minimum atomic E-state index is -0.214. The van der Waals surface area contributed by atoms with Crippen molar-refractivity contribution in [3.8, 4) is 10.6 Å². The van der Waals surface area contributed by atoms with Crippen LogP contribution in [0.1, 0.15) is 18.2 Å². The predicted molar refractivity (Wildman–Crippen MR) is 66.6 cm³/mol. The summed E-state index contributed by atoms with van der Waals surface area (Å²) in [7, 11) is 0. The van der Waals surface area contributed by atoms with Crippen LogP contribution in [0.5, 0.6) is 0 Å². The fraction of sp³-hybridized carbons (Fsp3) is 0.231. The Kier molecular flexibility index (Phi) is 3.33. The van der Waals surface area contributed by atoms with Crippen molar-refractivity contribution >= 4 is 17.1 Å². The van der Waals surface area contributed by atoms with Gasteiger partial charge in [0.1, 0.15) is 16.6 Å². The third-order valence-electron chi connectivity index (χ3n) is 2.39. The van der Waals surface area contributed by atoms with Gasteiger partial charge in [-0.25, -0.2) is 9.37 Å². The van der Waals surface area contributed by atoms with Gasteiger partial charge in [-0.3, -0.25) is 4.79 Å². The molecule has 0 spiro atoms. The van der Waals surface area contributed by atoms with E-state index in [0.29, 0.717) is 12.0 Å². The summed E-state index contributed by atoms with van der Waals surface area (Å²) in [6, 6.07) is 4.92. The van der Waals surface area contributed by atoms with E-state index in [4.69, 9.17) is 0 Å². The molecule has 0 radical (unpaired) electrons. The Labute approximate surface area is 103 Å². The lowest BCUT2D eigenvalue weighted by atomic mass is 10.1. The zero-order valence-electron chi connectivity index (χ0n) is 9.66. The number of aryl methyl sites for hydroxylation is 1. The number of carbonyl (C=O) groups is 1. The summed E-state index contributed by atoms with van der Waals surface area (Å²) in [5.74, 6) is -0.119. The van der Waals surface area contributed by atoms with Gasteiger partial charge in [0.25, 0.3) is 0 Å². The van der Waals surface area contributed by atoms with Gasteiger partial charge in [-0.1, -0.05) is 0 Å². The maximum atomic E-state index is 13.1. The number of carbonyl (C=O) groups excluding carboxylic acids is 1. The molecule has 17 heavy (non-hydrogen) atoms. The molecule has 0 saturated carbocycles. The normalized spacial score (nSPS) is 10.5. The largest absolute Gasteiger partial charge is 0.300 e. The second kappa shape index (κ2) is 4.75. The van der Waals surface area contributed by atoms with Crippen LogP contribution in [0.3, 0.4) is 0 Å². The van der Waals surface area contributed by atoms with Crippen LogP contribution in [0.4, 0.5) is 4.39 Å². The highest BCUT2D eigenvalue weighted by Crippen LogP contribution is 2.25. The summed E-state index contributed by atoms with van der Waals surface area (Å²) < 4.78 is 13.1. The molecular formula is C13H12FNOS. The fourth-order valence-corrected chi connectivity index (χ4v) is 2.37. The zero-order valence-corrected chi connectivity index (χ0v) is 10.5. The molecule has 2 rings (SSSR count). The number of Topliss-reactive ketones (excluding diaryl/α,β-unsaturated/α-hetero) is 1. The minimum Gasteiger partial charge on any atom is -0.300 e. The Morgan fingerprint density at radius 3 is 2.88 bits per heavy atom. The van der Waals surface area contributed by atoms with E-state index in [1.54, 1.807) is 26.0 Å². The van der Waals surface area contributed by atoms with Gasteiger partial charge in [-0.15, -0.1) is 11.3 Å². The lowest BCUT2D eigenvalue weighted by Gasteiger charge is -1.99. The topological polar surface area (TPSA) is 30.0 Å². The molecule has 0 aliphatic carbocycles. The molecular weight excluding hydrogens is 237 g/mol. The van der Waals surface area contributed by atoms with E-state index >= 15 is 0 Å². The Morgan fingerprint density at radius 2 is 2.24 bits per heavy atom. The molecule has 0 aliphatic rings. The second-order valence-electron chi connectivity index (χ2n) is 3.99. The lowest BCUT2D eigenvalue weighted by Crippen LogP contribution is -1.96. The lowest BCUT2D eigenvalue weighted by molar-refractivity contribution is -0.116. The van der Waals surface area contributed by atoms with E-state index in [9.17, 15) is 9.18 Å². The number of thiazole rings is 1. The van der Waals surface area contributed by atoms with E-state index in [1.165, 1.54) is 17.4 Å². The number of hydrogen-bond acceptors (Lipinski definition) is 3. The van der Waals surface area contributed by atoms with Crippen molar-refractivity contribution in [2.75, 3.05) is 0 Å². The van der Waals surface area contributed by atoms with E-state index in [2.05, 4.69) is 4.98 Å². The Hall–Kier alpha value is -1.55. The molecule has 0 saturated heterocycles. The molecule has 1 aromatic heterocycles. The van der Waals surface area contributed by atoms with Crippen molar-refractivity contribution in [3.63, 3.8) is 0 Å². The minimum absolute atomic E-state index is 0.0946. The van der Waals surface area contributed by atoms with Crippen LogP contribution in [-0.2, 0) is 11.2 Å². The molecule has 4 heteroatoms. The number of halogens is 1. The van der Waals surface area contributed by atoms with Crippen LogP contribution < -0.4 is 0 Å². The van der Waals surface area contributed by atoms with Crippen LogP contribution in [0, 0.1) is 12.7 Å². The molecule has 0 amide bonds. The third-order valence-corrected chi connectivity index (χ3v) is 3.33. The molecule has 0 N–H and O–H groups in total. The van der Waals surface area contributed by atoms with Gasteiger partial charge < -0.3 is 0 Å². The van der Waals surface area contributed by atoms with Crippen molar-refractivity contribution in [1.29, 1.82) is 0 Å². The number of benzene rings is 1. The van der Waals surface area contributed by atoms with Gasteiger partial charge in [-0.05, 0) is 37.6 Å². The summed E-state index contributed by atoms with van der Waals surface area (Å²) in [6.07, 6.45) is 0.358. The van der Waals surface area contributed by atoms with Gasteiger partial charge in [0, 0.05) is 17.4 Å². The maximum Gasteiger partial charge on any atom is 0.135 e. The van der Waals surface area contributed by atoms with Crippen molar-refractivity contribution in [1.82, 2.24) is 4.98 Å². The molecule has 2 aromatic rings. The SMILES string of the molecule is CC(=O)Cc1csc(-c2ccc(F)c(C)c2)n1. The number of ketones is 1. The van der Waals surface area contributed by atoms with Crippen LogP contribution in [0.2, 0.25) is 0 Å². The summed E-state index contributed by atoms with van der Waals surface area (Å²) >= 11 is 1.47. The predicted octanol–water partition coefficient (Wildman–Crippen LogP) is 3.39. The third kappa shape index (κ3) is 2.77. The fourth-order valence-electron chi connectivity index (χ4n) is 1.55. The van der Waals surface area contributed by atoms with Gasteiger partial charge in [0.05, 0.1) is 5.69 Å². The Bertz CT molecular complexity index is 562. The van der Waals surface area contributed by atoms with Crippen LogP contribution in [0.25, 0.3) is 10.6 Å². The zero-order chi connectivity index (χ0) is 12.4. The van der Waals surface area contributed by atoms with Crippen LogP contribution in [-0.4, -0.2) is 10.8 Å². The highest BCUT2D eigenvalue weighted by atomic mass is 32.1. The summed E-state index contributed by atoms with van der Waals surface area (Å²) in [5.41, 5.74) is 2.27. The first kappa shape index (κ1) is 11.9. The first-order chi connectivity index (χ1) is 8.06. The van der Waals surface area contributed by atoms with Crippen LogP contribution >= 0.6 is 11.3 Å². The standard InChI is InChI=1S/C13H12FNOS/c1-8-5-10(3-4-12(8)14)13-15-11(7-17-13)6-9(2)16/h3-5,7H,6H2,1-2H3. The first-order valence-corrected chi connectivity index (χ1v) is 6.14. The molecule has 0 atom stereocenters. The molecule has 1 aromatic carbocycles. The van der Waals surface area contributed by atoms with Crippen molar-refractivity contribution in [2.24, 2.45) is 0 Å². The van der Waals surface area contributed by atoms with E-state index in [-0.39, 0.29) is 11.6 Å². The number of nitrogens with zero attached hydrogens (tertiary/aromatic N) is 1. The molecule has 0 fully saturated rings. The Morgan fingerprint density at radius 1 is 1.47 bits per heavy atom. The molecule has 0 unspecified atom stereocenters. The number of aromatic nitrogens is 1. The van der Waals surface area contributed by atoms with E-state index < -0.39 is 0 Å². The monoisotopic (exact) mass is 249 g/mol. The number of hydrogen-bond donors (Lipinski definition) is 0. The molecule has 88 valence electrons. The Balaban J connectivity index is 2.30. The quantitative estimate of drug-likeness (QED) is 0.834.